The number of hydrogen-bond donors (Lipinski definition) is 1. The minimum Gasteiger partial charge on any atom is -0.359 e. The molecule has 24 heavy (non-hydrogen) atoms. The molecule has 1 aliphatic heterocycles. The van der Waals surface area contributed by atoms with E-state index in [0.29, 0.717) is 32.8 Å². The van der Waals surface area contributed by atoms with Crippen molar-refractivity contribution in [2.24, 2.45) is 5.16 Å². The maximum Gasteiger partial charge on any atom is 0.438 e. The molecule has 1 fully saturated rings. The second kappa shape index (κ2) is 7.46. The Morgan fingerprint density at radius 2 is 2.17 bits per heavy atom. The summed E-state index contributed by atoms with van der Waals surface area (Å²) in [6.07, 6.45) is 0.0974. The van der Waals surface area contributed by atoms with Crippen molar-refractivity contribution in [1.82, 2.24) is 5.16 Å². The quantitative estimate of drug-likeness (QED) is 0.594. The van der Waals surface area contributed by atoms with Gasteiger partial charge in [-0.2, -0.15) is 11.8 Å². The number of carbonyl (C=O) groups is 1. The Balaban J connectivity index is 1.83. The summed E-state index contributed by atoms with van der Waals surface area (Å²) in [6.45, 7) is 1.66. The van der Waals surface area contributed by atoms with E-state index in [1.165, 1.54) is 0 Å². The highest BCUT2D eigenvalue weighted by Gasteiger charge is 2.22. The predicted molar refractivity (Wildman–Crippen MR) is 96.2 cm³/mol. The van der Waals surface area contributed by atoms with E-state index in [4.69, 9.17) is 32.6 Å². The Bertz CT molecular complexity index is 779. The Morgan fingerprint density at radius 3 is 2.83 bits per heavy atom. The molecule has 2 heterocycles. The van der Waals surface area contributed by atoms with Crippen LogP contribution in [-0.2, 0) is 4.84 Å². The summed E-state index contributed by atoms with van der Waals surface area (Å²) in [5.41, 5.74) is 2.01. The van der Waals surface area contributed by atoms with E-state index in [1.807, 2.05) is 0 Å². The van der Waals surface area contributed by atoms with Crippen LogP contribution in [0.3, 0.4) is 0 Å². The number of anilines is 1. The second-order valence-electron chi connectivity index (χ2n) is 5.02. The predicted octanol–water partition coefficient (Wildman–Crippen LogP) is 5.00. The van der Waals surface area contributed by atoms with Crippen LogP contribution >= 0.6 is 35.0 Å². The van der Waals surface area contributed by atoms with Crippen molar-refractivity contribution in [1.29, 1.82) is 0 Å². The van der Waals surface area contributed by atoms with Gasteiger partial charge < -0.3 is 4.52 Å². The molecule has 0 radical (unpaired) electrons. The number of aromatic nitrogens is 1. The van der Waals surface area contributed by atoms with Gasteiger partial charge >= 0.3 is 6.09 Å². The smallest absolute Gasteiger partial charge is 0.359 e. The Morgan fingerprint density at radius 1 is 1.42 bits per heavy atom. The third kappa shape index (κ3) is 3.68. The van der Waals surface area contributed by atoms with Gasteiger partial charge in [-0.1, -0.05) is 39.6 Å². The Kier molecular flexibility index (Phi) is 5.33. The Labute approximate surface area is 152 Å². The molecule has 1 N–H and O–H groups in total. The van der Waals surface area contributed by atoms with Gasteiger partial charge in [-0.25, -0.2) is 4.79 Å². The first-order valence-electron chi connectivity index (χ1n) is 7.08. The highest BCUT2D eigenvalue weighted by Crippen LogP contribution is 2.39. The van der Waals surface area contributed by atoms with Crippen LogP contribution in [0, 0.1) is 6.92 Å². The zero-order chi connectivity index (χ0) is 17.1. The molecule has 1 saturated heterocycles. The molecule has 1 aliphatic rings. The molecule has 0 saturated carbocycles. The van der Waals surface area contributed by atoms with Gasteiger partial charge in [0.15, 0.2) is 5.76 Å². The summed E-state index contributed by atoms with van der Waals surface area (Å²) in [5.74, 6) is 2.17. The first-order valence-corrected chi connectivity index (χ1v) is 8.99. The van der Waals surface area contributed by atoms with Gasteiger partial charge in [-0.3, -0.25) is 10.2 Å². The van der Waals surface area contributed by atoms with Crippen LogP contribution in [0.5, 0.6) is 0 Å². The molecule has 0 aliphatic carbocycles. The molecule has 0 spiro atoms. The average Bonchev–Trinajstić information content (AvgIpc) is 3.17. The fraction of sp³-hybridized carbons (Fsp3) is 0.267. The molecule has 1 amide bonds. The van der Waals surface area contributed by atoms with E-state index in [9.17, 15) is 4.79 Å². The summed E-state index contributed by atoms with van der Waals surface area (Å²) in [4.78, 5) is 16.9. The van der Waals surface area contributed by atoms with Crippen molar-refractivity contribution >= 4 is 52.5 Å². The normalized spacial score (nSPS) is 15.7. The molecule has 0 atom stereocenters. The lowest BCUT2D eigenvalue weighted by Crippen LogP contribution is -2.13. The molecule has 0 unspecified atom stereocenters. The maximum absolute atomic E-state index is 12.0. The van der Waals surface area contributed by atoms with E-state index >= 15 is 0 Å². The highest BCUT2D eigenvalue weighted by atomic mass is 35.5. The monoisotopic (exact) mass is 385 g/mol. The van der Waals surface area contributed by atoms with Gasteiger partial charge in [0.25, 0.3) is 0 Å². The van der Waals surface area contributed by atoms with Gasteiger partial charge in [0.1, 0.15) is 11.4 Å². The summed E-state index contributed by atoms with van der Waals surface area (Å²) in [5, 5.41) is 11.2. The lowest BCUT2D eigenvalue weighted by molar-refractivity contribution is 0.166. The van der Waals surface area contributed by atoms with Crippen LogP contribution in [0.1, 0.15) is 12.2 Å². The van der Waals surface area contributed by atoms with Crippen molar-refractivity contribution < 1.29 is 14.2 Å². The number of nitrogens with zero attached hydrogens (tertiary/aromatic N) is 2. The first-order chi connectivity index (χ1) is 11.6. The zero-order valence-corrected chi connectivity index (χ0v) is 15.0. The summed E-state index contributed by atoms with van der Waals surface area (Å²) >= 11 is 14.1. The van der Waals surface area contributed by atoms with Gasteiger partial charge in [0.2, 0.25) is 0 Å². The van der Waals surface area contributed by atoms with E-state index in [1.54, 1.807) is 36.9 Å². The number of thioether (sulfide) groups is 1. The molecule has 6 nitrogen and oxygen atoms in total. The number of rotatable bonds is 3. The van der Waals surface area contributed by atoms with E-state index in [0.717, 1.165) is 23.6 Å². The van der Waals surface area contributed by atoms with Crippen molar-refractivity contribution in [3.63, 3.8) is 0 Å². The number of benzene rings is 1. The standard InChI is InChI=1S/C15H13Cl2N3O3S/c1-8-13(18-15(21)23-19-9-5-6-24-7-9)14(20-22-8)12-10(16)3-2-4-11(12)17/h2-4H,5-7H2,1H3,(H,18,21)/b19-9+. The fourth-order valence-corrected chi connectivity index (χ4v) is 3.70. The summed E-state index contributed by atoms with van der Waals surface area (Å²) in [6, 6.07) is 5.08. The second-order valence-corrected chi connectivity index (χ2v) is 6.94. The summed E-state index contributed by atoms with van der Waals surface area (Å²) < 4.78 is 5.16. The van der Waals surface area contributed by atoms with Crippen LogP contribution < -0.4 is 5.32 Å². The number of hydrogen-bond acceptors (Lipinski definition) is 6. The number of amides is 1. The van der Waals surface area contributed by atoms with E-state index < -0.39 is 6.09 Å². The molecule has 1 aromatic carbocycles. The molecular formula is C15H13Cl2N3O3S. The molecular weight excluding hydrogens is 373 g/mol. The fourth-order valence-electron chi connectivity index (χ4n) is 2.17. The zero-order valence-electron chi connectivity index (χ0n) is 12.6. The van der Waals surface area contributed by atoms with E-state index in [-0.39, 0.29) is 0 Å². The van der Waals surface area contributed by atoms with Crippen molar-refractivity contribution in [2.75, 3.05) is 16.8 Å². The topological polar surface area (TPSA) is 76.7 Å². The van der Waals surface area contributed by atoms with Gasteiger partial charge in [0.05, 0.1) is 15.8 Å². The minimum absolute atomic E-state index is 0.337. The third-order valence-corrected chi connectivity index (χ3v) is 5.01. The number of nitrogens with one attached hydrogen (secondary N) is 1. The largest absolute Gasteiger partial charge is 0.438 e. The first kappa shape index (κ1) is 17.1. The maximum atomic E-state index is 12.0. The molecule has 1 aromatic heterocycles. The van der Waals surface area contributed by atoms with Crippen LogP contribution in [0.15, 0.2) is 27.9 Å². The summed E-state index contributed by atoms with van der Waals surface area (Å²) in [7, 11) is 0. The average molecular weight is 386 g/mol. The lowest BCUT2D eigenvalue weighted by Gasteiger charge is -2.07. The highest BCUT2D eigenvalue weighted by molar-refractivity contribution is 8.00. The van der Waals surface area contributed by atoms with Crippen molar-refractivity contribution in [2.45, 2.75) is 13.3 Å². The molecule has 2 aromatic rings. The molecule has 9 heteroatoms. The lowest BCUT2D eigenvalue weighted by atomic mass is 10.1. The van der Waals surface area contributed by atoms with Crippen LogP contribution in [-0.4, -0.2) is 28.5 Å². The van der Waals surface area contributed by atoms with Gasteiger partial charge in [-0.15, -0.1) is 0 Å². The van der Waals surface area contributed by atoms with Gasteiger partial charge in [-0.05, 0) is 31.2 Å². The number of aryl methyl sites for hydroxylation is 1. The number of oxime groups is 1. The number of carbonyl (C=O) groups excluding carboxylic acids is 1. The van der Waals surface area contributed by atoms with E-state index in [2.05, 4.69) is 15.6 Å². The van der Waals surface area contributed by atoms with Crippen LogP contribution in [0.25, 0.3) is 11.3 Å². The number of halogens is 2. The molecule has 126 valence electrons. The van der Waals surface area contributed by atoms with Crippen molar-refractivity contribution in [3.05, 3.63) is 34.0 Å². The minimum atomic E-state index is -0.727. The van der Waals surface area contributed by atoms with Crippen LogP contribution in [0.4, 0.5) is 10.5 Å². The Hall–Kier alpha value is -1.70. The SMILES string of the molecule is Cc1onc(-c2c(Cl)cccc2Cl)c1NC(=O)O/N=C1\CCSC1. The van der Waals surface area contributed by atoms with Crippen molar-refractivity contribution in [3.8, 4) is 11.3 Å². The van der Waals surface area contributed by atoms with Gasteiger partial charge in [0, 0.05) is 11.3 Å². The van der Waals surface area contributed by atoms with Crippen LogP contribution in [0.2, 0.25) is 10.0 Å². The molecule has 3 rings (SSSR count). The molecule has 0 bridgehead atoms. The third-order valence-electron chi connectivity index (χ3n) is 3.35.